The number of ether oxygens (including phenoxy) is 2. The van der Waals surface area contributed by atoms with E-state index >= 15 is 0 Å². The molecule has 3 aliphatic rings. The molecule has 2 fully saturated rings. The molecule has 0 aromatic heterocycles. The molecule has 0 spiro atoms. The number of fused-ring (bicyclic) bond motifs is 3. The van der Waals surface area contributed by atoms with Gasteiger partial charge in [0.15, 0.2) is 18.3 Å². The molecule has 2 saturated heterocycles. The lowest BCUT2D eigenvalue weighted by Gasteiger charge is -2.34. The van der Waals surface area contributed by atoms with Crippen molar-refractivity contribution in [2.45, 2.75) is 18.3 Å². The van der Waals surface area contributed by atoms with E-state index in [1.54, 1.807) is 11.9 Å². The van der Waals surface area contributed by atoms with Gasteiger partial charge < -0.3 is 19.3 Å². The van der Waals surface area contributed by atoms with Gasteiger partial charge in [0.25, 0.3) is 11.9 Å². The molecule has 8 nitrogen and oxygen atoms in total. The van der Waals surface area contributed by atoms with Gasteiger partial charge in [-0.05, 0) is 12.1 Å². The fourth-order valence-electron chi connectivity index (χ4n) is 2.99. The Morgan fingerprint density at radius 1 is 1.35 bits per heavy atom. The molecule has 1 N–H and O–H groups in total. The zero-order valence-corrected chi connectivity index (χ0v) is 12.5. The number of benzene rings is 1. The highest BCUT2D eigenvalue weighted by Gasteiger charge is 2.52. The molecule has 3 atom stereocenters. The first-order valence-electron chi connectivity index (χ1n) is 7.40. The molecular formula is C15H16N4O4. The van der Waals surface area contributed by atoms with Crippen LogP contribution in [0, 0.1) is 0 Å². The molecule has 3 amide bonds. The van der Waals surface area contributed by atoms with E-state index in [0.717, 1.165) is 5.75 Å². The van der Waals surface area contributed by atoms with Crippen molar-refractivity contribution in [1.82, 2.24) is 15.1 Å². The maximum atomic E-state index is 12.1. The number of aliphatic imine (C=N–C) groups is 1. The first-order valence-corrected chi connectivity index (χ1v) is 7.40. The van der Waals surface area contributed by atoms with Gasteiger partial charge in [-0.2, -0.15) is 0 Å². The first kappa shape index (κ1) is 13.9. The number of amides is 3. The predicted octanol–water partition coefficient (Wildman–Crippen LogP) is 0.0121. The van der Waals surface area contributed by atoms with E-state index in [1.807, 2.05) is 30.3 Å². The van der Waals surface area contributed by atoms with Crippen LogP contribution in [-0.2, 0) is 9.53 Å². The maximum absolute atomic E-state index is 12.1. The molecule has 23 heavy (non-hydrogen) atoms. The lowest BCUT2D eigenvalue weighted by molar-refractivity contribution is -0.127. The van der Waals surface area contributed by atoms with Crippen molar-refractivity contribution in [1.29, 1.82) is 0 Å². The van der Waals surface area contributed by atoms with Gasteiger partial charge in [-0.25, -0.2) is 9.79 Å². The van der Waals surface area contributed by atoms with Crippen LogP contribution < -0.4 is 10.1 Å². The standard InChI is InChI=1S/C15H16N4O4/c1-18-12-11(13(20)17-14(18)21)19-7-10(23-15(19)16-12)8-22-9-5-3-2-4-6-9/h2-6,10-12H,7-8H2,1H3,(H,17,20,21). The van der Waals surface area contributed by atoms with Gasteiger partial charge in [-0.3, -0.25) is 10.1 Å². The molecule has 120 valence electrons. The Morgan fingerprint density at radius 2 is 2.13 bits per heavy atom. The zero-order chi connectivity index (χ0) is 16.0. The molecule has 1 aromatic rings. The third-order valence-electron chi connectivity index (χ3n) is 4.17. The summed E-state index contributed by atoms with van der Waals surface area (Å²) >= 11 is 0. The van der Waals surface area contributed by atoms with Crippen molar-refractivity contribution in [2.24, 2.45) is 4.99 Å². The third kappa shape index (κ3) is 2.26. The van der Waals surface area contributed by atoms with E-state index in [-0.39, 0.29) is 12.0 Å². The van der Waals surface area contributed by atoms with Gasteiger partial charge in [0.1, 0.15) is 12.4 Å². The van der Waals surface area contributed by atoms with Crippen LogP contribution in [-0.4, -0.2) is 66.3 Å². The zero-order valence-electron chi connectivity index (χ0n) is 12.5. The molecule has 0 saturated carbocycles. The summed E-state index contributed by atoms with van der Waals surface area (Å²) in [5.74, 6) is 0.425. The van der Waals surface area contributed by atoms with Crippen molar-refractivity contribution in [3.05, 3.63) is 30.3 Å². The van der Waals surface area contributed by atoms with Crippen LogP contribution in [0.5, 0.6) is 5.75 Å². The number of hydrogen-bond acceptors (Lipinski definition) is 6. The Balaban J connectivity index is 1.44. The Bertz CT molecular complexity index is 677. The van der Waals surface area contributed by atoms with Gasteiger partial charge in [-0.15, -0.1) is 0 Å². The van der Waals surface area contributed by atoms with Crippen molar-refractivity contribution >= 4 is 18.0 Å². The van der Waals surface area contributed by atoms with Crippen molar-refractivity contribution in [2.75, 3.05) is 20.2 Å². The second kappa shape index (κ2) is 5.15. The molecule has 0 radical (unpaired) electrons. The summed E-state index contributed by atoms with van der Waals surface area (Å²) in [4.78, 5) is 31.3. The van der Waals surface area contributed by atoms with E-state index in [9.17, 15) is 9.59 Å². The van der Waals surface area contributed by atoms with Crippen LogP contribution in [0.1, 0.15) is 0 Å². The molecule has 0 aliphatic carbocycles. The fourth-order valence-corrected chi connectivity index (χ4v) is 2.99. The topological polar surface area (TPSA) is 83.5 Å². The highest BCUT2D eigenvalue weighted by molar-refractivity contribution is 6.03. The molecule has 4 rings (SSSR count). The number of amidine groups is 1. The minimum absolute atomic E-state index is 0.203. The summed E-state index contributed by atoms with van der Waals surface area (Å²) < 4.78 is 11.4. The number of rotatable bonds is 3. The van der Waals surface area contributed by atoms with Gasteiger partial charge in [-0.1, -0.05) is 18.2 Å². The lowest BCUT2D eigenvalue weighted by atomic mass is 10.1. The summed E-state index contributed by atoms with van der Waals surface area (Å²) in [5.41, 5.74) is 0. The number of urea groups is 1. The summed E-state index contributed by atoms with van der Waals surface area (Å²) in [6.45, 7) is 0.871. The van der Waals surface area contributed by atoms with Crippen molar-refractivity contribution in [3.63, 3.8) is 0 Å². The monoisotopic (exact) mass is 316 g/mol. The third-order valence-corrected chi connectivity index (χ3v) is 4.17. The van der Waals surface area contributed by atoms with Crippen molar-refractivity contribution < 1.29 is 19.1 Å². The molecule has 0 bridgehead atoms. The van der Waals surface area contributed by atoms with Gasteiger partial charge in [0.2, 0.25) is 0 Å². The highest BCUT2D eigenvalue weighted by atomic mass is 16.6. The van der Waals surface area contributed by atoms with Crippen LogP contribution in [0.2, 0.25) is 0 Å². The average molecular weight is 316 g/mol. The van der Waals surface area contributed by atoms with Crippen LogP contribution in [0.4, 0.5) is 4.79 Å². The molecule has 3 unspecified atom stereocenters. The lowest BCUT2D eigenvalue weighted by Crippen LogP contribution is -2.63. The highest BCUT2D eigenvalue weighted by Crippen LogP contribution is 2.29. The Morgan fingerprint density at radius 3 is 2.91 bits per heavy atom. The number of nitrogens with zero attached hydrogens (tertiary/aromatic N) is 3. The minimum Gasteiger partial charge on any atom is -0.490 e. The number of nitrogens with one attached hydrogen (secondary N) is 1. The maximum Gasteiger partial charge on any atom is 0.325 e. The number of likely N-dealkylation sites (N-methyl/N-ethyl adjacent to an activating group) is 1. The minimum atomic E-state index is -0.533. The number of carbonyl (C=O) groups excluding carboxylic acids is 2. The Labute approximate surface area is 132 Å². The second-order valence-electron chi connectivity index (χ2n) is 5.69. The molecule has 3 heterocycles. The SMILES string of the molecule is CN1C(=O)NC(=O)C2C1N=C1OC(COc3ccccc3)CN12. The fraction of sp³-hybridized carbons (Fsp3) is 0.400. The molecule has 8 heteroatoms. The van der Waals surface area contributed by atoms with Crippen LogP contribution >= 0.6 is 0 Å². The first-order chi connectivity index (χ1) is 11.1. The second-order valence-corrected chi connectivity index (χ2v) is 5.69. The largest absolute Gasteiger partial charge is 0.490 e. The number of imide groups is 1. The summed E-state index contributed by atoms with van der Waals surface area (Å²) in [5, 5.41) is 2.33. The van der Waals surface area contributed by atoms with E-state index in [1.165, 1.54) is 4.90 Å². The summed E-state index contributed by atoms with van der Waals surface area (Å²) in [6, 6.07) is 8.90. The molecule has 3 aliphatic heterocycles. The van der Waals surface area contributed by atoms with E-state index < -0.39 is 18.2 Å². The number of hydrogen-bond donors (Lipinski definition) is 1. The number of para-hydroxylation sites is 1. The van der Waals surface area contributed by atoms with Crippen LogP contribution in [0.3, 0.4) is 0 Å². The van der Waals surface area contributed by atoms with E-state index in [4.69, 9.17) is 9.47 Å². The van der Waals surface area contributed by atoms with Crippen LogP contribution in [0.15, 0.2) is 35.3 Å². The Hall–Kier alpha value is -2.77. The predicted molar refractivity (Wildman–Crippen MR) is 79.8 cm³/mol. The van der Waals surface area contributed by atoms with E-state index in [2.05, 4.69) is 10.3 Å². The summed E-state index contributed by atoms with van der Waals surface area (Å²) in [6.07, 6.45) is -0.729. The normalized spacial score (nSPS) is 28.7. The number of carbonyl (C=O) groups is 2. The average Bonchev–Trinajstić information content (AvgIpc) is 3.09. The van der Waals surface area contributed by atoms with Gasteiger partial charge in [0.05, 0.1) is 6.54 Å². The summed E-state index contributed by atoms with van der Waals surface area (Å²) in [7, 11) is 1.61. The smallest absolute Gasteiger partial charge is 0.325 e. The van der Waals surface area contributed by atoms with Gasteiger partial charge in [0, 0.05) is 7.05 Å². The molecular weight excluding hydrogens is 300 g/mol. The van der Waals surface area contributed by atoms with Crippen LogP contribution in [0.25, 0.3) is 0 Å². The molecule has 1 aromatic carbocycles. The van der Waals surface area contributed by atoms with Crippen molar-refractivity contribution in [3.8, 4) is 5.75 Å². The van der Waals surface area contributed by atoms with E-state index in [0.29, 0.717) is 19.2 Å². The Kier molecular flexibility index (Phi) is 3.10. The quantitative estimate of drug-likeness (QED) is 0.849. The van der Waals surface area contributed by atoms with Gasteiger partial charge >= 0.3 is 6.03 Å².